The molecule has 2 nitrogen and oxygen atoms in total. The standard InChI is InChI=1S/C14H7BrClF3N2/c15-10-7-21(12-4-2-1-3-9(10)12)13-11(16)5-8(6-20-13)14(17,18)19/h1-7H. The zero-order valence-corrected chi connectivity index (χ0v) is 12.7. The van der Waals surface area contributed by atoms with Gasteiger partial charge in [-0.05, 0) is 28.1 Å². The Kier molecular flexibility index (Phi) is 3.45. The first kappa shape index (κ1) is 14.4. The van der Waals surface area contributed by atoms with Crippen LogP contribution in [-0.2, 0) is 6.18 Å². The molecule has 3 aromatic rings. The highest BCUT2D eigenvalue weighted by Crippen LogP contribution is 2.34. The van der Waals surface area contributed by atoms with E-state index in [-0.39, 0.29) is 10.8 Å². The Morgan fingerprint density at radius 3 is 2.57 bits per heavy atom. The summed E-state index contributed by atoms with van der Waals surface area (Å²) in [6, 6.07) is 8.33. The molecule has 2 aromatic heterocycles. The Balaban J connectivity index is 2.20. The second-order valence-corrected chi connectivity index (χ2v) is 5.65. The third-order valence-corrected chi connectivity index (χ3v) is 3.95. The first-order chi connectivity index (χ1) is 9.88. The van der Waals surface area contributed by atoms with Gasteiger partial charge in [-0.3, -0.25) is 4.57 Å². The van der Waals surface area contributed by atoms with Crippen molar-refractivity contribution in [3.8, 4) is 5.82 Å². The summed E-state index contributed by atoms with van der Waals surface area (Å²) in [4.78, 5) is 3.87. The minimum Gasteiger partial charge on any atom is -0.299 e. The van der Waals surface area contributed by atoms with E-state index >= 15 is 0 Å². The Hall–Kier alpha value is -1.53. The predicted molar refractivity (Wildman–Crippen MR) is 78.8 cm³/mol. The molecule has 0 aliphatic heterocycles. The van der Waals surface area contributed by atoms with Crippen molar-refractivity contribution in [2.75, 3.05) is 0 Å². The number of nitrogens with zero attached hydrogens (tertiary/aromatic N) is 2. The molecular weight excluding hydrogens is 369 g/mol. The van der Waals surface area contributed by atoms with Crippen LogP contribution in [0.25, 0.3) is 16.7 Å². The highest BCUT2D eigenvalue weighted by molar-refractivity contribution is 9.10. The summed E-state index contributed by atoms with van der Waals surface area (Å²) in [5, 5.41) is 0.869. The highest BCUT2D eigenvalue weighted by atomic mass is 79.9. The quantitative estimate of drug-likeness (QED) is 0.552. The van der Waals surface area contributed by atoms with Crippen LogP contribution in [0.1, 0.15) is 5.56 Å². The number of hydrogen-bond acceptors (Lipinski definition) is 1. The van der Waals surface area contributed by atoms with Crippen molar-refractivity contribution in [3.05, 3.63) is 57.8 Å². The molecule has 0 amide bonds. The largest absolute Gasteiger partial charge is 0.417 e. The maximum Gasteiger partial charge on any atom is 0.417 e. The van der Waals surface area contributed by atoms with Crippen LogP contribution in [-0.4, -0.2) is 9.55 Å². The van der Waals surface area contributed by atoms with Gasteiger partial charge in [-0.15, -0.1) is 0 Å². The fraction of sp³-hybridized carbons (Fsp3) is 0.0714. The summed E-state index contributed by atoms with van der Waals surface area (Å²) in [5.41, 5.74) is -0.0645. The fourth-order valence-electron chi connectivity index (χ4n) is 2.08. The van der Waals surface area contributed by atoms with E-state index in [1.54, 1.807) is 10.8 Å². The van der Waals surface area contributed by atoms with Gasteiger partial charge in [0.25, 0.3) is 0 Å². The molecular formula is C14H7BrClF3N2. The summed E-state index contributed by atoms with van der Waals surface area (Å²) in [6.45, 7) is 0. The Morgan fingerprint density at radius 2 is 1.90 bits per heavy atom. The van der Waals surface area contributed by atoms with Crippen molar-refractivity contribution in [2.45, 2.75) is 6.18 Å². The minimum atomic E-state index is -4.46. The second-order valence-electron chi connectivity index (χ2n) is 4.39. The first-order valence-corrected chi connectivity index (χ1v) is 7.04. The molecule has 108 valence electrons. The molecule has 0 atom stereocenters. The lowest BCUT2D eigenvalue weighted by molar-refractivity contribution is -0.137. The van der Waals surface area contributed by atoms with Gasteiger partial charge in [0.1, 0.15) is 0 Å². The van der Waals surface area contributed by atoms with Gasteiger partial charge >= 0.3 is 6.18 Å². The van der Waals surface area contributed by atoms with E-state index in [0.717, 1.165) is 27.6 Å². The molecule has 21 heavy (non-hydrogen) atoms. The number of hydrogen-bond donors (Lipinski definition) is 0. The molecule has 2 heterocycles. The third kappa shape index (κ3) is 2.53. The monoisotopic (exact) mass is 374 g/mol. The molecule has 0 bridgehead atoms. The van der Waals surface area contributed by atoms with Gasteiger partial charge in [0.2, 0.25) is 0 Å². The molecule has 0 N–H and O–H groups in total. The van der Waals surface area contributed by atoms with E-state index in [1.807, 2.05) is 24.3 Å². The maximum absolute atomic E-state index is 12.6. The molecule has 3 rings (SSSR count). The average Bonchev–Trinajstić information content (AvgIpc) is 2.76. The minimum absolute atomic E-state index is 0.0573. The second kappa shape index (κ2) is 5.03. The van der Waals surface area contributed by atoms with Crippen molar-refractivity contribution >= 4 is 38.4 Å². The Morgan fingerprint density at radius 1 is 1.19 bits per heavy atom. The zero-order chi connectivity index (χ0) is 15.2. The lowest BCUT2D eigenvalue weighted by Gasteiger charge is -2.10. The van der Waals surface area contributed by atoms with Gasteiger partial charge in [-0.1, -0.05) is 29.8 Å². The molecule has 0 aliphatic carbocycles. The van der Waals surface area contributed by atoms with Crippen LogP contribution in [0.15, 0.2) is 47.2 Å². The van der Waals surface area contributed by atoms with E-state index < -0.39 is 11.7 Å². The van der Waals surface area contributed by atoms with Gasteiger partial charge in [0.05, 0.1) is 16.1 Å². The predicted octanol–water partition coefficient (Wildman–Crippen LogP) is 5.46. The van der Waals surface area contributed by atoms with Crippen LogP contribution in [0.3, 0.4) is 0 Å². The highest BCUT2D eigenvalue weighted by Gasteiger charge is 2.31. The molecule has 0 spiro atoms. The van der Waals surface area contributed by atoms with E-state index in [4.69, 9.17) is 11.6 Å². The topological polar surface area (TPSA) is 17.8 Å². The summed E-state index contributed by atoms with van der Waals surface area (Å²) in [5.74, 6) is 0.256. The molecule has 0 unspecified atom stereocenters. The van der Waals surface area contributed by atoms with Gasteiger partial charge in [0.15, 0.2) is 5.82 Å². The summed E-state index contributed by atoms with van der Waals surface area (Å²) >= 11 is 9.40. The van der Waals surface area contributed by atoms with Crippen LogP contribution in [0, 0.1) is 0 Å². The Bertz CT molecular complexity index is 827. The lowest BCUT2D eigenvalue weighted by atomic mass is 10.2. The number of alkyl halides is 3. The lowest BCUT2D eigenvalue weighted by Crippen LogP contribution is -2.07. The first-order valence-electron chi connectivity index (χ1n) is 5.86. The van der Waals surface area contributed by atoms with Gasteiger partial charge < -0.3 is 0 Å². The van der Waals surface area contributed by atoms with Gasteiger partial charge in [-0.25, -0.2) is 4.98 Å². The van der Waals surface area contributed by atoms with Crippen molar-refractivity contribution in [3.63, 3.8) is 0 Å². The van der Waals surface area contributed by atoms with Crippen LogP contribution < -0.4 is 0 Å². The third-order valence-electron chi connectivity index (χ3n) is 3.04. The number of para-hydroxylation sites is 1. The van der Waals surface area contributed by atoms with Crippen molar-refractivity contribution < 1.29 is 13.2 Å². The Labute approximate surface area is 131 Å². The molecule has 0 saturated carbocycles. The van der Waals surface area contributed by atoms with E-state index in [9.17, 15) is 13.2 Å². The molecule has 0 aliphatic rings. The van der Waals surface area contributed by atoms with Crippen LogP contribution in [0.5, 0.6) is 0 Å². The number of fused-ring (bicyclic) bond motifs is 1. The summed E-state index contributed by atoms with van der Waals surface area (Å²) < 4.78 is 40.4. The van der Waals surface area contributed by atoms with Gasteiger partial charge in [-0.2, -0.15) is 13.2 Å². The van der Waals surface area contributed by atoms with Crippen molar-refractivity contribution in [2.24, 2.45) is 0 Å². The average molecular weight is 376 g/mol. The molecule has 0 saturated heterocycles. The SMILES string of the molecule is FC(F)(F)c1cnc(-n2cc(Br)c3ccccc32)c(Cl)c1. The van der Waals surface area contributed by atoms with Crippen molar-refractivity contribution in [1.29, 1.82) is 0 Å². The smallest absolute Gasteiger partial charge is 0.299 e. The summed E-state index contributed by atoms with van der Waals surface area (Å²) in [7, 11) is 0. The summed E-state index contributed by atoms with van der Waals surface area (Å²) in [6.07, 6.45) is -1.95. The van der Waals surface area contributed by atoms with Crippen molar-refractivity contribution in [1.82, 2.24) is 9.55 Å². The van der Waals surface area contributed by atoms with E-state index in [1.165, 1.54) is 0 Å². The van der Waals surface area contributed by atoms with E-state index in [2.05, 4.69) is 20.9 Å². The van der Waals surface area contributed by atoms with Gasteiger partial charge in [0, 0.05) is 22.3 Å². The number of benzene rings is 1. The van der Waals surface area contributed by atoms with Crippen LogP contribution in [0.2, 0.25) is 5.02 Å². The maximum atomic E-state index is 12.6. The zero-order valence-electron chi connectivity index (χ0n) is 10.3. The van der Waals surface area contributed by atoms with Crippen LogP contribution in [0.4, 0.5) is 13.2 Å². The number of aromatic nitrogens is 2. The number of rotatable bonds is 1. The van der Waals surface area contributed by atoms with E-state index in [0.29, 0.717) is 0 Å². The molecule has 0 radical (unpaired) electrons. The fourth-order valence-corrected chi connectivity index (χ4v) is 2.87. The molecule has 1 aromatic carbocycles. The normalized spacial score (nSPS) is 12.0. The number of halogens is 5. The van der Waals surface area contributed by atoms with Crippen LogP contribution >= 0.6 is 27.5 Å². The number of pyridine rings is 1. The molecule has 7 heteroatoms. The molecule has 0 fully saturated rings.